The van der Waals surface area contributed by atoms with Crippen LogP contribution in [0.2, 0.25) is 0 Å². The summed E-state index contributed by atoms with van der Waals surface area (Å²) in [6.07, 6.45) is 7.67. The van der Waals surface area contributed by atoms with E-state index in [0.717, 1.165) is 12.8 Å². The molecule has 0 fully saturated rings. The zero-order valence-corrected chi connectivity index (χ0v) is 10.9. The van der Waals surface area contributed by atoms with E-state index in [2.05, 4.69) is 27.4 Å². The van der Waals surface area contributed by atoms with Crippen LogP contribution in [0.3, 0.4) is 0 Å². The summed E-state index contributed by atoms with van der Waals surface area (Å²) in [5, 5.41) is 10.4. The Hall–Kier alpha value is -0.300. The number of hydrogen-bond donors (Lipinski definition) is 1. The summed E-state index contributed by atoms with van der Waals surface area (Å²) in [6.45, 7) is 12.3. The lowest BCUT2D eigenvalue weighted by Gasteiger charge is -2.33. The molecule has 0 rings (SSSR count). The van der Waals surface area contributed by atoms with Crippen LogP contribution in [0.4, 0.5) is 0 Å². The van der Waals surface area contributed by atoms with Crippen LogP contribution < -0.4 is 0 Å². The van der Waals surface area contributed by atoms with Gasteiger partial charge >= 0.3 is 0 Å². The molecule has 0 spiro atoms. The SMILES string of the molecule is C=CC(C(C)C)C(C)(O)CCCCCC. The molecule has 1 heteroatoms. The Kier molecular flexibility index (Phi) is 6.91. The van der Waals surface area contributed by atoms with Gasteiger partial charge < -0.3 is 5.11 Å². The Bertz CT molecular complexity index is 170. The Morgan fingerprint density at radius 2 is 1.87 bits per heavy atom. The standard InChI is InChI=1S/C14H28O/c1-6-8-9-10-11-14(5,15)13(7-2)12(3)4/h7,12-13,15H,2,6,8-11H2,1,3-5H3. The van der Waals surface area contributed by atoms with Crippen LogP contribution in [0.15, 0.2) is 12.7 Å². The van der Waals surface area contributed by atoms with Gasteiger partial charge in [-0.25, -0.2) is 0 Å². The van der Waals surface area contributed by atoms with E-state index in [9.17, 15) is 5.11 Å². The molecule has 0 radical (unpaired) electrons. The summed E-state index contributed by atoms with van der Waals surface area (Å²) in [7, 11) is 0. The van der Waals surface area contributed by atoms with Gasteiger partial charge in [0.2, 0.25) is 0 Å². The fourth-order valence-corrected chi connectivity index (χ4v) is 2.32. The predicted molar refractivity (Wildman–Crippen MR) is 67.9 cm³/mol. The van der Waals surface area contributed by atoms with E-state index in [1.54, 1.807) is 0 Å². The monoisotopic (exact) mass is 212 g/mol. The van der Waals surface area contributed by atoms with Crippen molar-refractivity contribution < 1.29 is 5.11 Å². The molecule has 90 valence electrons. The van der Waals surface area contributed by atoms with Crippen LogP contribution in [0.5, 0.6) is 0 Å². The minimum atomic E-state index is -0.580. The lowest BCUT2D eigenvalue weighted by molar-refractivity contribution is -0.00893. The minimum Gasteiger partial charge on any atom is -0.390 e. The van der Waals surface area contributed by atoms with E-state index in [-0.39, 0.29) is 5.92 Å². The van der Waals surface area contributed by atoms with Gasteiger partial charge in [-0.3, -0.25) is 0 Å². The average Bonchev–Trinajstić information content (AvgIpc) is 2.12. The number of rotatable bonds is 8. The maximum absolute atomic E-state index is 10.4. The third-order valence-electron chi connectivity index (χ3n) is 3.23. The largest absolute Gasteiger partial charge is 0.390 e. The van der Waals surface area contributed by atoms with Crippen molar-refractivity contribution in [2.45, 2.75) is 65.4 Å². The molecule has 0 aliphatic rings. The van der Waals surface area contributed by atoms with Crippen LogP contribution in [-0.2, 0) is 0 Å². The van der Waals surface area contributed by atoms with Gasteiger partial charge in [-0.1, -0.05) is 52.5 Å². The van der Waals surface area contributed by atoms with E-state index < -0.39 is 5.60 Å². The first kappa shape index (κ1) is 14.7. The number of aliphatic hydroxyl groups is 1. The van der Waals surface area contributed by atoms with Gasteiger partial charge in [0.1, 0.15) is 0 Å². The molecule has 1 nitrogen and oxygen atoms in total. The van der Waals surface area contributed by atoms with Crippen molar-refractivity contribution in [1.29, 1.82) is 0 Å². The molecule has 0 bridgehead atoms. The summed E-state index contributed by atoms with van der Waals surface area (Å²) in [4.78, 5) is 0. The third-order valence-corrected chi connectivity index (χ3v) is 3.23. The van der Waals surface area contributed by atoms with Crippen molar-refractivity contribution in [3.05, 3.63) is 12.7 Å². The van der Waals surface area contributed by atoms with E-state index in [0.29, 0.717) is 5.92 Å². The van der Waals surface area contributed by atoms with E-state index >= 15 is 0 Å². The van der Waals surface area contributed by atoms with Crippen LogP contribution in [0.25, 0.3) is 0 Å². The molecular weight excluding hydrogens is 184 g/mol. The maximum atomic E-state index is 10.4. The molecule has 0 saturated carbocycles. The third kappa shape index (κ3) is 5.36. The van der Waals surface area contributed by atoms with Gasteiger partial charge in [0, 0.05) is 5.92 Å². The van der Waals surface area contributed by atoms with Crippen molar-refractivity contribution in [3.63, 3.8) is 0 Å². The molecule has 0 aromatic heterocycles. The highest BCUT2D eigenvalue weighted by atomic mass is 16.3. The normalized spacial score (nSPS) is 17.5. The first-order chi connectivity index (χ1) is 6.95. The molecule has 2 atom stereocenters. The first-order valence-electron chi connectivity index (χ1n) is 6.30. The van der Waals surface area contributed by atoms with E-state index in [1.165, 1.54) is 19.3 Å². The molecule has 2 unspecified atom stereocenters. The van der Waals surface area contributed by atoms with Crippen LogP contribution >= 0.6 is 0 Å². The number of hydrogen-bond acceptors (Lipinski definition) is 1. The van der Waals surface area contributed by atoms with Gasteiger partial charge in [0.25, 0.3) is 0 Å². The summed E-state index contributed by atoms with van der Waals surface area (Å²) in [5.41, 5.74) is -0.580. The van der Waals surface area contributed by atoms with Crippen LogP contribution in [-0.4, -0.2) is 10.7 Å². The van der Waals surface area contributed by atoms with Gasteiger partial charge in [0.15, 0.2) is 0 Å². The van der Waals surface area contributed by atoms with Gasteiger partial charge in [-0.2, -0.15) is 0 Å². The zero-order valence-electron chi connectivity index (χ0n) is 10.9. The summed E-state index contributed by atoms with van der Waals surface area (Å²) in [5.74, 6) is 0.669. The molecule has 0 saturated heterocycles. The van der Waals surface area contributed by atoms with Crippen molar-refractivity contribution in [2.24, 2.45) is 11.8 Å². The maximum Gasteiger partial charge on any atom is 0.0684 e. The number of unbranched alkanes of at least 4 members (excludes halogenated alkanes) is 3. The highest BCUT2D eigenvalue weighted by molar-refractivity contribution is 4.94. The Morgan fingerprint density at radius 3 is 2.27 bits per heavy atom. The van der Waals surface area contributed by atoms with E-state index in [4.69, 9.17) is 0 Å². The fraction of sp³-hybridized carbons (Fsp3) is 0.857. The second kappa shape index (κ2) is 7.05. The van der Waals surface area contributed by atoms with Crippen LogP contribution in [0.1, 0.15) is 59.8 Å². The fourth-order valence-electron chi connectivity index (χ4n) is 2.32. The second-order valence-electron chi connectivity index (χ2n) is 5.17. The molecule has 0 aromatic carbocycles. The summed E-state index contributed by atoms with van der Waals surface area (Å²) >= 11 is 0. The highest BCUT2D eigenvalue weighted by Gasteiger charge is 2.30. The average molecular weight is 212 g/mol. The molecule has 0 amide bonds. The van der Waals surface area contributed by atoms with Crippen molar-refractivity contribution in [2.75, 3.05) is 0 Å². The molecule has 0 aliphatic heterocycles. The summed E-state index contributed by atoms with van der Waals surface area (Å²) < 4.78 is 0. The molecule has 0 aromatic rings. The van der Waals surface area contributed by atoms with Gasteiger partial charge in [0.05, 0.1) is 5.60 Å². The molecule has 0 heterocycles. The Morgan fingerprint density at radius 1 is 1.27 bits per heavy atom. The van der Waals surface area contributed by atoms with Crippen molar-refractivity contribution >= 4 is 0 Å². The minimum absolute atomic E-state index is 0.208. The highest BCUT2D eigenvalue weighted by Crippen LogP contribution is 2.30. The molecule has 1 N–H and O–H groups in total. The van der Waals surface area contributed by atoms with Crippen molar-refractivity contribution in [3.8, 4) is 0 Å². The van der Waals surface area contributed by atoms with Gasteiger partial charge in [-0.15, -0.1) is 6.58 Å². The first-order valence-corrected chi connectivity index (χ1v) is 6.30. The lowest BCUT2D eigenvalue weighted by Crippen LogP contribution is -2.36. The van der Waals surface area contributed by atoms with Gasteiger partial charge in [-0.05, 0) is 19.3 Å². The molecule has 0 aliphatic carbocycles. The molecule has 15 heavy (non-hydrogen) atoms. The quantitative estimate of drug-likeness (QED) is 0.473. The zero-order chi connectivity index (χ0) is 11.9. The van der Waals surface area contributed by atoms with Crippen molar-refractivity contribution in [1.82, 2.24) is 0 Å². The Labute approximate surface area is 95.6 Å². The van der Waals surface area contributed by atoms with E-state index in [1.807, 2.05) is 13.0 Å². The topological polar surface area (TPSA) is 20.2 Å². The second-order valence-corrected chi connectivity index (χ2v) is 5.17. The van der Waals surface area contributed by atoms with Crippen LogP contribution in [0, 0.1) is 11.8 Å². The molecular formula is C14H28O. The predicted octanol–water partition coefficient (Wildman–Crippen LogP) is 4.17. The summed E-state index contributed by atoms with van der Waals surface area (Å²) in [6, 6.07) is 0. The lowest BCUT2D eigenvalue weighted by atomic mass is 9.78. The smallest absolute Gasteiger partial charge is 0.0684 e. The Balaban J connectivity index is 4.07.